The Labute approximate surface area is 157 Å². The first kappa shape index (κ1) is 16.9. The fourth-order valence-electron chi connectivity index (χ4n) is 3.35. The number of rotatable bonds is 5. The van der Waals surface area contributed by atoms with Crippen LogP contribution >= 0.6 is 12.6 Å². The molecule has 1 aliphatic carbocycles. The highest BCUT2D eigenvalue weighted by molar-refractivity contribution is 7.79. The SMILES string of the molecule is Cc1noc(-c2ccc(-c3ccc(C4(C(=O)O)CC4)cc3)cc2)c1CS. The molecule has 0 spiro atoms. The van der Waals surface area contributed by atoms with Crippen LogP contribution in [0.2, 0.25) is 0 Å². The third-order valence-electron chi connectivity index (χ3n) is 5.22. The third-order valence-corrected chi connectivity index (χ3v) is 5.54. The second-order valence-corrected chi connectivity index (χ2v) is 7.09. The highest BCUT2D eigenvalue weighted by atomic mass is 32.1. The van der Waals surface area contributed by atoms with E-state index < -0.39 is 11.4 Å². The molecule has 2 aromatic carbocycles. The lowest BCUT2D eigenvalue weighted by Crippen LogP contribution is -2.19. The van der Waals surface area contributed by atoms with E-state index in [1.165, 1.54) is 0 Å². The smallest absolute Gasteiger partial charge is 0.314 e. The van der Waals surface area contributed by atoms with Gasteiger partial charge in [-0.2, -0.15) is 12.6 Å². The fraction of sp³-hybridized carbons (Fsp3) is 0.238. The average Bonchev–Trinajstić information content (AvgIpc) is 3.40. The summed E-state index contributed by atoms with van der Waals surface area (Å²) in [4.78, 5) is 11.4. The Morgan fingerprint density at radius 1 is 1.08 bits per heavy atom. The maximum Gasteiger partial charge on any atom is 0.314 e. The van der Waals surface area contributed by atoms with E-state index in [9.17, 15) is 9.90 Å². The minimum atomic E-state index is -0.725. The number of thiol groups is 1. The molecular weight excluding hydrogens is 346 g/mol. The van der Waals surface area contributed by atoms with E-state index in [2.05, 4.69) is 17.8 Å². The second kappa shape index (κ2) is 6.32. The molecule has 1 fully saturated rings. The number of aryl methyl sites for hydroxylation is 1. The molecule has 5 heteroatoms. The average molecular weight is 365 g/mol. The van der Waals surface area contributed by atoms with Crippen molar-refractivity contribution in [2.24, 2.45) is 0 Å². The monoisotopic (exact) mass is 365 g/mol. The highest BCUT2D eigenvalue weighted by Gasteiger charge is 2.51. The number of hydrogen-bond donors (Lipinski definition) is 2. The van der Waals surface area contributed by atoms with Crippen LogP contribution in [0.3, 0.4) is 0 Å². The van der Waals surface area contributed by atoms with Crippen molar-refractivity contribution in [1.29, 1.82) is 0 Å². The van der Waals surface area contributed by atoms with Crippen molar-refractivity contribution >= 4 is 18.6 Å². The van der Waals surface area contributed by atoms with Crippen molar-refractivity contribution < 1.29 is 14.4 Å². The summed E-state index contributed by atoms with van der Waals surface area (Å²) in [5.41, 5.74) is 5.21. The van der Waals surface area contributed by atoms with Crippen LogP contribution in [0.25, 0.3) is 22.5 Å². The first-order chi connectivity index (χ1) is 12.5. The van der Waals surface area contributed by atoms with Crippen LogP contribution in [0.4, 0.5) is 0 Å². The number of aromatic nitrogens is 1. The minimum Gasteiger partial charge on any atom is -0.481 e. The van der Waals surface area contributed by atoms with Gasteiger partial charge in [0, 0.05) is 16.9 Å². The van der Waals surface area contributed by atoms with Gasteiger partial charge in [0.25, 0.3) is 0 Å². The lowest BCUT2D eigenvalue weighted by Gasteiger charge is -2.11. The molecule has 1 heterocycles. The van der Waals surface area contributed by atoms with Gasteiger partial charge < -0.3 is 9.63 Å². The van der Waals surface area contributed by atoms with Crippen molar-refractivity contribution in [3.63, 3.8) is 0 Å². The van der Waals surface area contributed by atoms with E-state index in [1.807, 2.05) is 55.5 Å². The summed E-state index contributed by atoms with van der Waals surface area (Å²) in [6, 6.07) is 15.9. The topological polar surface area (TPSA) is 63.3 Å². The van der Waals surface area contributed by atoms with Crippen LogP contribution < -0.4 is 0 Å². The summed E-state index contributed by atoms with van der Waals surface area (Å²) < 4.78 is 5.45. The number of carbonyl (C=O) groups is 1. The summed E-state index contributed by atoms with van der Waals surface area (Å²) in [7, 11) is 0. The maximum atomic E-state index is 11.4. The number of carboxylic acids is 1. The summed E-state index contributed by atoms with van der Waals surface area (Å²) >= 11 is 4.35. The van der Waals surface area contributed by atoms with E-state index >= 15 is 0 Å². The Morgan fingerprint density at radius 2 is 1.62 bits per heavy atom. The van der Waals surface area contributed by atoms with E-state index in [-0.39, 0.29) is 0 Å². The van der Waals surface area contributed by atoms with Crippen LogP contribution in [-0.2, 0) is 16.0 Å². The third kappa shape index (κ3) is 2.72. The number of aliphatic carboxylic acids is 1. The Kier molecular flexibility index (Phi) is 4.11. The molecule has 1 aliphatic rings. The largest absolute Gasteiger partial charge is 0.481 e. The van der Waals surface area contributed by atoms with Crippen LogP contribution in [0, 0.1) is 6.92 Å². The molecule has 0 radical (unpaired) electrons. The first-order valence-corrected chi connectivity index (χ1v) is 9.19. The molecule has 1 saturated carbocycles. The molecule has 132 valence electrons. The molecule has 0 amide bonds. The Hall–Kier alpha value is -2.53. The number of carboxylic acid groups (broad SMARTS) is 1. The molecule has 4 rings (SSSR count). The van der Waals surface area contributed by atoms with Gasteiger partial charge in [0.2, 0.25) is 0 Å². The van der Waals surface area contributed by atoms with E-state index in [0.29, 0.717) is 5.75 Å². The molecule has 0 saturated heterocycles. The van der Waals surface area contributed by atoms with Gasteiger partial charge >= 0.3 is 5.97 Å². The number of hydrogen-bond acceptors (Lipinski definition) is 4. The van der Waals surface area contributed by atoms with E-state index in [4.69, 9.17) is 4.52 Å². The van der Waals surface area contributed by atoms with Crippen LogP contribution in [-0.4, -0.2) is 16.2 Å². The Morgan fingerprint density at radius 3 is 2.12 bits per heavy atom. The lowest BCUT2D eigenvalue weighted by atomic mass is 9.93. The predicted molar refractivity (Wildman–Crippen MR) is 103 cm³/mol. The minimum absolute atomic E-state index is 0.583. The molecule has 0 bridgehead atoms. The maximum absolute atomic E-state index is 11.4. The standard InChI is InChI=1S/C21H19NO3S/c1-13-18(12-26)19(25-22-13)16-4-2-14(3-5-16)15-6-8-17(9-7-15)21(10-11-21)20(23)24/h2-9,26H,10-12H2,1H3,(H,23,24). The number of benzene rings is 2. The Bertz CT molecular complexity index is 954. The van der Waals surface area contributed by atoms with Crippen LogP contribution in [0.5, 0.6) is 0 Å². The fourth-order valence-corrected chi connectivity index (χ4v) is 3.72. The summed E-state index contributed by atoms with van der Waals surface area (Å²) in [6.45, 7) is 1.91. The summed E-state index contributed by atoms with van der Waals surface area (Å²) in [5.74, 6) is 0.618. The molecule has 4 nitrogen and oxygen atoms in total. The molecular formula is C21H19NO3S. The lowest BCUT2D eigenvalue weighted by molar-refractivity contribution is -0.140. The van der Waals surface area contributed by atoms with Gasteiger partial charge in [-0.15, -0.1) is 0 Å². The summed E-state index contributed by atoms with van der Waals surface area (Å²) in [5, 5.41) is 13.4. The number of nitrogens with zero attached hydrogens (tertiary/aromatic N) is 1. The highest BCUT2D eigenvalue weighted by Crippen LogP contribution is 2.48. The normalized spacial score (nSPS) is 15.0. The zero-order chi connectivity index (χ0) is 18.3. The van der Waals surface area contributed by atoms with Crippen LogP contribution in [0.1, 0.15) is 29.7 Å². The molecule has 0 unspecified atom stereocenters. The molecule has 0 aliphatic heterocycles. The summed E-state index contributed by atoms with van der Waals surface area (Å²) in [6.07, 6.45) is 1.45. The van der Waals surface area contributed by atoms with Gasteiger partial charge in [-0.1, -0.05) is 53.7 Å². The first-order valence-electron chi connectivity index (χ1n) is 8.56. The predicted octanol–water partition coefficient (Wildman–Crippen LogP) is 4.86. The van der Waals surface area contributed by atoms with Gasteiger partial charge in [-0.25, -0.2) is 0 Å². The van der Waals surface area contributed by atoms with Gasteiger partial charge in [0.1, 0.15) is 0 Å². The molecule has 1 aromatic heterocycles. The van der Waals surface area contributed by atoms with Crippen molar-refractivity contribution in [2.75, 3.05) is 0 Å². The second-order valence-electron chi connectivity index (χ2n) is 6.78. The van der Waals surface area contributed by atoms with Crippen molar-refractivity contribution in [2.45, 2.75) is 30.9 Å². The zero-order valence-electron chi connectivity index (χ0n) is 14.4. The van der Waals surface area contributed by atoms with E-state index in [1.54, 1.807) is 0 Å². The Balaban J connectivity index is 1.60. The quantitative estimate of drug-likeness (QED) is 0.634. The van der Waals surface area contributed by atoms with Gasteiger partial charge in [0.05, 0.1) is 11.1 Å². The van der Waals surface area contributed by atoms with Gasteiger partial charge in [0.15, 0.2) is 5.76 Å². The molecule has 26 heavy (non-hydrogen) atoms. The van der Waals surface area contributed by atoms with Crippen molar-refractivity contribution in [1.82, 2.24) is 5.16 Å². The van der Waals surface area contributed by atoms with Crippen molar-refractivity contribution in [3.05, 3.63) is 65.4 Å². The molecule has 3 aromatic rings. The zero-order valence-corrected chi connectivity index (χ0v) is 15.3. The van der Waals surface area contributed by atoms with Gasteiger partial charge in [-0.05, 0) is 36.5 Å². The molecule has 1 N–H and O–H groups in total. The van der Waals surface area contributed by atoms with Crippen LogP contribution in [0.15, 0.2) is 53.1 Å². The van der Waals surface area contributed by atoms with Gasteiger partial charge in [-0.3, -0.25) is 4.79 Å². The van der Waals surface area contributed by atoms with E-state index in [0.717, 1.165) is 52.1 Å². The van der Waals surface area contributed by atoms with Crippen molar-refractivity contribution in [3.8, 4) is 22.5 Å². The molecule has 0 atom stereocenters.